The van der Waals surface area contributed by atoms with Crippen LogP contribution >= 0.6 is 11.3 Å². The van der Waals surface area contributed by atoms with Crippen molar-refractivity contribution in [1.29, 1.82) is 0 Å². The Morgan fingerprint density at radius 1 is 1.40 bits per heavy atom. The quantitative estimate of drug-likeness (QED) is 0.858. The fourth-order valence-corrected chi connectivity index (χ4v) is 3.91. The Bertz CT molecular complexity index is 434. The molecule has 2 aliphatic rings. The molecule has 4 nitrogen and oxygen atoms in total. The van der Waals surface area contributed by atoms with E-state index in [-0.39, 0.29) is 5.91 Å². The second-order valence-electron chi connectivity index (χ2n) is 5.84. The van der Waals surface area contributed by atoms with Crippen molar-refractivity contribution in [2.45, 2.75) is 37.8 Å². The molecule has 0 aromatic carbocycles. The van der Waals surface area contributed by atoms with E-state index < -0.39 is 0 Å². The number of fused-ring (bicyclic) bond motifs is 2. The third-order valence-corrected chi connectivity index (χ3v) is 5.18. The number of rotatable bonds is 5. The number of carbonyl (C=O) groups is 1. The highest BCUT2D eigenvalue weighted by atomic mass is 32.1. The van der Waals surface area contributed by atoms with Gasteiger partial charge in [-0.25, -0.2) is 0 Å². The largest absolute Gasteiger partial charge is 0.355 e. The van der Waals surface area contributed by atoms with Gasteiger partial charge in [0.05, 0.1) is 6.54 Å². The Kier molecular flexibility index (Phi) is 4.70. The summed E-state index contributed by atoms with van der Waals surface area (Å²) in [6.07, 6.45) is 4.70. The summed E-state index contributed by atoms with van der Waals surface area (Å²) in [7, 11) is 0. The van der Waals surface area contributed by atoms with E-state index >= 15 is 0 Å². The molecule has 2 N–H and O–H groups in total. The first-order chi connectivity index (χ1) is 9.79. The molecular formula is C15H23N3OS. The van der Waals surface area contributed by atoms with E-state index in [2.05, 4.69) is 33.0 Å². The molecule has 2 aliphatic heterocycles. The topological polar surface area (TPSA) is 44.4 Å². The Hall–Kier alpha value is -0.910. The van der Waals surface area contributed by atoms with Crippen molar-refractivity contribution < 1.29 is 4.79 Å². The monoisotopic (exact) mass is 293 g/mol. The predicted octanol–water partition coefficient (Wildman–Crippen LogP) is 1.23. The molecule has 1 aromatic rings. The molecule has 3 rings (SSSR count). The second-order valence-corrected chi connectivity index (χ2v) is 6.87. The molecule has 110 valence electrons. The van der Waals surface area contributed by atoms with Gasteiger partial charge in [0.25, 0.3) is 0 Å². The van der Waals surface area contributed by atoms with Crippen molar-refractivity contribution >= 4 is 17.2 Å². The van der Waals surface area contributed by atoms with Gasteiger partial charge in [0.15, 0.2) is 0 Å². The van der Waals surface area contributed by atoms with E-state index in [1.54, 1.807) is 11.3 Å². The van der Waals surface area contributed by atoms with Crippen molar-refractivity contribution in [1.82, 2.24) is 15.5 Å². The van der Waals surface area contributed by atoms with E-state index in [0.717, 1.165) is 26.1 Å². The lowest BCUT2D eigenvalue weighted by Crippen LogP contribution is -2.42. The first-order valence-electron chi connectivity index (χ1n) is 7.57. The molecule has 0 radical (unpaired) electrons. The van der Waals surface area contributed by atoms with Crippen LogP contribution in [-0.2, 0) is 11.2 Å². The molecule has 1 amide bonds. The predicted molar refractivity (Wildman–Crippen MR) is 82.0 cm³/mol. The van der Waals surface area contributed by atoms with Crippen LogP contribution in [0.25, 0.3) is 0 Å². The summed E-state index contributed by atoms with van der Waals surface area (Å²) >= 11 is 1.75. The van der Waals surface area contributed by atoms with Gasteiger partial charge < -0.3 is 10.6 Å². The second kappa shape index (κ2) is 6.70. The SMILES string of the molecule is O=C(CN1CCC2CCC(C1)N2)NCCc1cccs1. The average Bonchev–Trinajstić information content (AvgIpc) is 3.02. The van der Waals surface area contributed by atoms with Crippen LogP contribution in [0.2, 0.25) is 0 Å². The first kappa shape index (κ1) is 14.0. The number of thiophene rings is 1. The fourth-order valence-electron chi connectivity index (χ4n) is 3.20. The van der Waals surface area contributed by atoms with Gasteiger partial charge in [0.1, 0.15) is 0 Å². The molecule has 1 aromatic heterocycles. The molecule has 2 saturated heterocycles. The zero-order chi connectivity index (χ0) is 13.8. The fraction of sp³-hybridized carbons (Fsp3) is 0.667. The van der Waals surface area contributed by atoms with Crippen LogP contribution in [0.5, 0.6) is 0 Å². The van der Waals surface area contributed by atoms with Crippen molar-refractivity contribution in [3.8, 4) is 0 Å². The summed E-state index contributed by atoms with van der Waals surface area (Å²) in [4.78, 5) is 15.6. The van der Waals surface area contributed by atoms with Crippen LogP contribution in [0.3, 0.4) is 0 Å². The van der Waals surface area contributed by atoms with Crippen molar-refractivity contribution in [2.24, 2.45) is 0 Å². The molecule has 5 heteroatoms. The summed E-state index contributed by atoms with van der Waals surface area (Å²) in [6, 6.07) is 5.46. The number of hydrogen-bond donors (Lipinski definition) is 2. The van der Waals surface area contributed by atoms with Gasteiger partial charge in [0, 0.05) is 36.6 Å². The van der Waals surface area contributed by atoms with Crippen LogP contribution in [0.1, 0.15) is 24.1 Å². The smallest absolute Gasteiger partial charge is 0.234 e. The van der Waals surface area contributed by atoms with E-state index in [0.29, 0.717) is 18.6 Å². The number of carbonyl (C=O) groups excluding carboxylic acids is 1. The molecule has 20 heavy (non-hydrogen) atoms. The van der Waals surface area contributed by atoms with Gasteiger partial charge in [-0.05, 0) is 37.1 Å². The number of hydrogen-bond acceptors (Lipinski definition) is 4. The third kappa shape index (κ3) is 3.81. The maximum absolute atomic E-state index is 12.0. The molecule has 0 spiro atoms. The first-order valence-corrected chi connectivity index (χ1v) is 8.45. The molecule has 0 saturated carbocycles. The lowest BCUT2D eigenvalue weighted by atomic mass is 10.1. The summed E-state index contributed by atoms with van der Waals surface area (Å²) in [5.41, 5.74) is 0. The minimum atomic E-state index is 0.166. The number of nitrogens with one attached hydrogen (secondary N) is 2. The maximum Gasteiger partial charge on any atom is 0.234 e. The highest BCUT2D eigenvalue weighted by Gasteiger charge is 2.29. The van der Waals surface area contributed by atoms with Gasteiger partial charge >= 0.3 is 0 Å². The highest BCUT2D eigenvalue weighted by Crippen LogP contribution is 2.20. The van der Waals surface area contributed by atoms with Crippen LogP contribution in [0.4, 0.5) is 0 Å². The minimum Gasteiger partial charge on any atom is -0.355 e. The summed E-state index contributed by atoms with van der Waals surface area (Å²) in [6.45, 7) is 3.37. The highest BCUT2D eigenvalue weighted by molar-refractivity contribution is 7.09. The van der Waals surface area contributed by atoms with E-state index in [1.165, 1.54) is 24.1 Å². The van der Waals surface area contributed by atoms with Crippen LogP contribution in [0.15, 0.2) is 17.5 Å². The van der Waals surface area contributed by atoms with Crippen LogP contribution in [0, 0.1) is 0 Å². The van der Waals surface area contributed by atoms with Crippen molar-refractivity contribution in [3.05, 3.63) is 22.4 Å². The van der Waals surface area contributed by atoms with Gasteiger partial charge in [-0.1, -0.05) is 6.07 Å². The number of likely N-dealkylation sites (tertiary alicyclic amines) is 1. The Morgan fingerprint density at radius 2 is 2.30 bits per heavy atom. The molecular weight excluding hydrogens is 270 g/mol. The Labute approximate surface area is 124 Å². The minimum absolute atomic E-state index is 0.166. The number of amides is 1. The van der Waals surface area contributed by atoms with Crippen molar-refractivity contribution in [3.63, 3.8) is 0 Å². The van der Waals surface area contributed by atoms with Gasteiger partial charge in [0.2, 0.25) is 5.91 Å². The average molecular weight is 293 g/mol. The Balaban J connectivity index is 1.37. The van der Waals surface area contributed by atoms with E-state index in [9.17, 15) is 4.79 Å². The molecule has 2 unspecified atom stereocenters. The lowest BCUT2D eigenvalue weighted by Gasteiger charge is -2.23. The number of nitrogens with zero attached hydrogens (tertiary/aromatic N) is 1. The van der Waals surface area contributed by atoms with Crippen LogP contribution < -0.4 is 10.6 Å². The zero-order valence-corrected chi connectivity index (χ0v) is 12.6. The van der Waals surface area contributed by atoms with Gasteiger partial charge in [-0.2, -0.15) is 0 Å². The van der Waals surface area contributed by atoms with Crippen molar-refractivity contribution in [2.75, 3.05) is 26.2 Å². The van der Waals surface area contributed by atoms with E-state index in [4.69, 9.17) is 0 Å². The summed E-state index contributed by atoms with van der Waals surface area (Å²) < 4.78 is 0. The lowest BCUT2D eigenvalue weighted by molar-refractivity contribution is -0.122. The summed E-state index contributed by atoms with van der Waals surface area (Å²) in [5.74, 6) is 0.166. The maximum atomic E-state index is 12.0. The molecule has 2 bridgehead atoms. The Morgan fingerprint density at radius 3 is 3.15 bits per heavy atom. The zero-order valence-electron chi connectivity index (χ0n) is 11.8. The van der Waals surface area contributed by atoms with E-state index in [1.807, 2.05) is 0 Å². The summed E-state index contributed by atoms with van der Waals surface area (Å²) in [5, 5.41) is 8.76. The van der Waals surface area contributed by atoms with Gasteiger partial charge in [-0.3, -0.25) is 9.69 Å². The third-order valence-electron chi connectivity index (χ3n) is 4.25. The standard InChI is InChI=1S/C15H23N3OS/c19-15(16-7-5-14-2-1-9-20-14)11-18-8-6-12-3-4-13(10-18)17-12/h1-2,9,12-13,17H,3-8,10-11H2,(H,16,19). The molecule has 3 heterocycles. The normalized spacial score (nSPS) is 26.4. The van der Waals surface area contributed by atoms with Gasteiger partial charge in [-0.15, -0.1) is 11.3 Å². The molecule has 0 aliphatic carbocycles. The molecule has 2 atom stereocenters. The van der Waals surface area contributed by atoms with Crippen LogP contribution in [-0.4, -0.2) is 49.1 Å². The molecule has 2 fully saturated rings.